The fourth-order valence-corrected chi connectivity index (χ4v) is 2.34. The fraction of sp³-hybridized carbons (Fsp3) is 0.667. The van der Waals surface area contributed by atoms with E-state index in [-0.39, 0.29) is 101 Å². The highest BCUT2D eigenvalue weighted by atomic mass is 16.5. The Labute approximate surface area is 234 Å². The molecule has 4 nitrogen and oxygen atoms in total. The van der Waals surface area contributed by atoms with Gasteiger partial charge in [-0.05, 0) is 64.3 Å². The van der Waals surface area contributed by atoms with Gasteiger partial charge in [0.1, 0.15) is 5.75 Å². The molecule has 0 fully saturated rings. The maximum atomic E-state index is 10.5. The van der Waals surface area contributed by atoms with Crippen LogP contribution in [0.3, 0.4) is 0 Å². The van der Waals surface area contributed by atoms with Crippen molar-refractivity contribution in [1.82, 2.24) is 5.32 Å². The van der Waals surface area contributed by atoms with Crippen molar-refractivity contribution < 1.29 is 111 Å². The van der Waals surface area contributed by atoms with Crippen LogP contribution in [0.4, 0.5) is 0 Å². The Morgan fingerprint density at radius 2 is 1.86 bits per heavy atom. The van der Waals surface area contributed by atoms with Crippen LogP contribution < -0.4 is 10.1 Å². The molecule has 0 aliphatic carbocycles. The Morgan fingerprint density at radius 1 is 1.27 bits per heavy atom. The molecular weight excluding hydrogens is 278 g/mol. The molecule has 0 saturated heterocycles. The van der Waals surface area contributed by atoms with Crippen molar-refractivity contribution in [3.05, 3.63) is 28.8 Å². The summed E-state index contributed by atoms with van der Waals surface area (Å²) in [6, 6.07) is 3.75. The molecule has 1 aromatic rings. The van der Waals surface area contributed by atoms with Crippen LogP contribution in [0.15, 0.2) is 12.1 Å². The van der Waals surface area contributed by atoms with Crippen molar-refractivity contribution >= 4 is 0 Å². The molecule has 22 heavy (non-hydrogen) atoms. The molecular formula is C18H165NO3. The second kappa shape index (κ2) is 6.99. The maximum Gasteiger partial charge on any atom is 0.127 e. The van der Waals surface area contributed by atoms with Crippen molar-refractivity contribution in [3.63, 3.8) is 0 Å². The number of ether oxygens (including phenoxy) is 1. The second-order valence-electron chi connectivity index (χ2n) is 7.11. The molecule has 1 atom stereocenters. The number of methoxy groups -OCH3 is 1. The summed E-state index contributed by atoms with van der Waals surface area (Å²) in [5, 5.41) is 24.2. The van der Waals surface area contributed by atoms with Crippen molar-refractivity contribution in [1.29, 1.82) is 0 Å². The van der Waals surface area contributed by atoms with Crippen molar-refractivity contribution in [2.45, 2.75) is 65.2 Å². The molecule has 1 rings (SSSR count). The number of aryl methyl sites for hydroxylation is 1. The summed E-state index contributed by atoms with van der Waals surface area (Å²) < 4.78 is 5.41. The van der Waals surface area contributed by atoms with E-state index in [1.807, 2.05) is 19.1 Å². The summed E-state index contributed by atoms with van der Waals surface area (Å²) in [7, 11) is 1.60. The summed E-state index contributed by atoms with van der Waals surface area (Å²) in [6.45, 7) is 12.2. The zero-order valence-electron chi connectivity index (χ0n) is 14.9. The van der Waals surface area contributed by atoms with Gasteiger partial charge in [0.15, 0.2) is 0 Å². The molecule has 0 radical (unpaired) electrons. The lowest BCUT2D eigenvalue weighted by Gasteiger charge is -2.28. The molecule has 0 bridgehead atoms. The van der Waals surface area contributed by atoms with E-state index in [4.69, 9.17) is 4.74 Å². The van der Waals surface area contributed by atoms with Gasteiger partial charge in [0.05, 0.1) is 18.8 Å². The number of aliphatic hydroxyl groups is 2. The molecule has 0 aliphatic heterocycles. The average molecular weight is 445 g/mol. The van der Waals surface area contributed by atoms with Gasteiger partial charge in [-0.2, -0.15) is 0 Å². The highest BCUT2D eigenvalue weighted by Crippen LogP contribution is 2.35. The van der Waals surface area contributed by atoms with Crippen LogP contribution in [-0.4, -0.2) is 29.4 Å². The van der Waals surface area contributed by atoms with E-state index >= 15 is 0 Å². The fourth-order valence-electron chi connectivity index (χ4n) is 2.34. The lowest BCUT2D eigenvalue weighted by Crippen LogP contribution is -2.40. The van der Waals surface area contributed by atoms with Crippen LogP contribution in [0.25, 0.3) is 0 Å². The van der Waals surface area contributed by atoms with Crippen LogP contribution in [0, 0.1) is 6.92 Å². The van der Waals surface area contributed by atoms with Crippen LogP contribution in [0.1, 0.15) is 159 Å². The maximum absolute atomic E-state index is 10.5. The molecule has 0 unspecified atom stereocenters. The van der Waals surface area contributed by atoms with Crippen molar-refractivity contribution in [2.75, 3.05) is 13.7 Å². The number of aliphatic hydroxyl groups excluding tert-OH is 1. The van der Waals surface area contributed by atoms with Gasteiger partial charge in [-0.3, -0.25) is 0 Å². The highest BCUT2D eigenvalue weighted by molar-refractivity contribution is 5.47. The summed E-state index contributed by atoms with van der Waals surface area (Å²) in [5.41, 5.74) is 1.35. The van der Waals surface area contributed by atoms with E-state index < -0.39 is 11.7 Å². The van der Waals surface area contributed by atoms with Crippen molar-refractivity contribution in [3.8, 4) is 5.75 Å². The molecule has 1 aromatic carbocycles. The van der Waals surface area contributed by atoms with Crippen LogP contribution >= 0.6 is 0 Å². The lowest BCUT2D eigenvalue weighted by molar-refractivity contribution is 0.0750. The van der Waals surface area contributed by atoms with E-state index in [0.29, 0.717) is 17.9 Å². The molecule has 0 spiro atoms. The summed E-state index contributed by atoms with van der Waals surface area (Å²) in [5.74, 6) is 0.672. The topological polar surface area (TPSA) is 61.7 Å². The predicted octanol–water partition coefficient (Wildman–Crippen LogP) is 19.5. The Bertz CT molecular complexity index is 576. The van der Waals surface area contributed by atoms with Gasteiger partial charge >= 0.3 is 0 Å². The van der Waals surface area contributed by atoms with E-state index in [2.05, 4.69) is 26.1 Å². The summed E-state index contributed by atoms with van der Waals surface area (Å²) in [6.07, 6.45) is 0.354. The van der Waals surface area contributed by atoms with Gasteiger partial charge in [-0.15, -0.1) is 0 Å². The first-order valence-corrected chi connectivity index (χ1v) is 7.86. The number of hydrogen-bond donors (Lipinski definition) is 3. The SMILES string of the molecule is CCC(C)(C)NC[C@H](O)c1cc(C)c(OC)c(C(C)(C)O)c1.[HH].[HH].[HH].[HH].[HH].[HH].[HH].[HH].[HH].[HH].[HH].[HH].[HH].[HH].[HH].[HH].[HH].[HH].[HH].[HH].[HH].[HH].[HH].[HH].[HH].[HH].[HH].[HH].[HH].[HH].[HH].[HH].[HH].[HH].[HH].[HH].[HH].[HH].[HH].[HH].[HH].[HH].[HH].[HH].[HH].[HH].[HH].[HH].[HH].[HH].[HH].[HH].[HH].[HH].[HH].[HH].[HH].[HH].[HH].[HH].[HH].[HH].[HH].[HH].[HH].[HH].[HH]. The van der Waals surface area contributed by atoms with E-state index in [1.54, 1.807) is 21.0 Å². The Hall–Kier alpha value is -1.10. The van der Waals surface area contributed by atoms with Crippen LogP contribution in [0.2, 0.25) is 0 Å². The van der Waals surface area contributed by atoms with E-state index in [0.717, 1.165) is 17.5 Å². The molecule has 0 saturated carbocycles. The van der Waals surface area contributed by atoms with Gasteiger partial charge < -0.3 is 20.3 Å². The van der Waals surface area contributed by atoms with Gasteiger partial charge in [0.25, 0.3) is 0 Å². The number of β-amino-alcohol motifs (C(OH)–C–C–N with tert-alkyl or cyclic N) is 1. The smallest absolute Gasteiger partial charge is 0.127 e. The van der Waals surface area contributed by atoms with Crippen LogP contribution in [-0.2, 0) is 5.60 Å². The molecule has 0 aromatic heterocycles. The first kappa shape index (κ1) is 18.9. The van der Waals surface area contributed by atoms with Gasteiger partial charge in [-0.25, -0.2) is 0 Å². The van der Waals surface area contributed by atoms with E-state index in [1.165, 1.54) is 0 Å². The number of benzene rings is 1. The average Bonchev–Trinajstić information content (AvgIpc) is 2.43. The van der Waals surface area contributed by atoms with Gasteiger partial charge in [0.2, 0.25) is 0 Å². The standard InChI is InChI=1S/C18H31NO3.67H2/c1-8-17(3,4)19-11-15(20)13-9-12(2)16(22-7)14(10-13)18(5,6)21;;;;;;;;;;;;;;;;;;;;;;;;;;;;;;;;;;;;;;;;;;;;;;;;;;;;;;;;;;;;;;;;;;;/h9-10,15,19-21H,8,11H2,1-7H3;67*1H/t15-;;;;;;;;;;;;;;;;;;;;;;;;;;;;;;;;;;;;;;;;;;;;;;;;;;;;;;;;;;;;;;;;;;;/m0.................................................................../s1. The molecule has 0 heterocycles. The number of hydrogen-bond acceptors (Lipinski definition) is 4. The molecule has 4 heteroatoms. The minimum atomic E-state index is -1.03. The van der Waals surface area contributed by atoms with Gasteiger partial charge in [-0.1, -0.05) is 6.92 Å². The van der Waals surface area contributed by atoms with Crippen molar-refractivity contribution in [2.24, 2.45) is 0 Å². The minimum absolute atomic E-state index is 0. The first-order chi connectivity index (χ1) is 10.0. The third kappa shape index (κ3) is 4.70. The third-order valence-corrected chi connectivity index (χ3v) is 4.20. The quantitative estimate of drug-likeness (QED) is 0.391. The molecule has 0 amide bonds. The zero-order valence-corrected chi connectivity index (χ0v) is 14.9. The monoisotopic (exact) mass is 444 g/mol. The summed E-state index contributed by atoms with van der Waals surface area (Å²) in [4.78, 5) is 0. The zero-order chi connectivity index (χ0) is 17.1. The minimum Gasteiger partial charge on any atom is -0.496 e. The first-order valence-electron chi connectivity index (χ1n) is 7.86. The van der Waals surface area contributed by atoms with Crippen LogP contribution in [0.5, 0.6) is 5.75 Å². The Balaban J connectivity index is -0.00000000111. The number of nitrogens with one attached hydrogen (secondary N) is 1. The molecule has 0 aliphatic rings. The normalized spacial score (nSPS) is 14.0. The molecule has 3 N–H and O–H groups in total. The van der Waals surface area contributed by atoms with Gasteiger partial charge in [0, 0.05) is 113 Å². The largest absolute Gasteiger partial charge is 0.496 e. The molecule has 260 valence electrons. The number of rotatable bonds is 7. The third-order valence-electron chi connectivity index (χ3n) is 4.20. The second-order valence-corrected chi connectivity index (χ2v) is 7.11. The predicted molar refractivity (Wildman–Crippen MR) is 232 cm³/mol. The van der Waals surface area contributed by atoms with E-state index in [9.17, 15) is 10.2 Å². The Morgan fingerprint density at radius 3 is 2.32 bits per heavy atom. The summed E-state index contributed by atoms with van der Waals surface area (Å²) >= 11 is 0. The highest BCUT2D eigenvalue weighted by Gasteiger charge is 2.25. The Kier molecular flexibility index (Phi) is 6.02. The lowest BCUT2D eigenvalue weighted by atomic mass is 9.91.